The molecular formula is C13H19FN2. The number of hydrogen-bond donors (Lipinski definition) is 0. The van der Waals surface area contributed by atoms with Crippen molar-refractivity contribution < 1.29 is 4.39 Å². The molecule has 2 rings (SSSR count). The molecule has 1 unspecified atom stereocenters. The maximum absolute atomic E-state index is 13.0. The summed E-state index contributed by atoms with van der Waals surface area (Å²) in [5.74, 6) is 0.451. The average Bonchev–Trinajstić information content (AvgIpc) is 2.64. The van der Waals surface area contributed by atoms with Gasteiger partial charge in [-0.2, -0.15) is 0 Å². The first kappa shape index (κ1) is 11.5. The monoisotopic (exact) mass is 222 g/mol. The molecule has 1 aliphatic rings. The number of aromatic nitrogens is 1. The Balaban J connectivity index is 2.01. The van der Waals surface area contributed by atoms with Gasteiger partial charge < -0.3 is 0 Å². The summed E-state index contributed by atoms with van der Waals surface area (Å²) in [4.78, 5) is 6.73. The topological polar surface area (TPSA) is 16.1 Å². The van der Waals surface area contributed by atoms with E-state index < -0.39 is 6.17 Å². The number of hydrogen-bond acceptors (Lipinski definition) is 2. The van der Waals surface area contributed by atoms with Crippen molar-refractivity contribution in [1.82, 2.24) is 9.88 Å². The van der Waals surface area contributed by atoms with E-state index in [0.29, 0.717) is 18.9 Å². The maximum Gasteiger partial charge on any atom is 0.114 e. The Labute approximate surface area is 96.5 Å². The first-order valence-electron chi connectivity index (χ1n) is 5.97. The molecule has 3 heteroatoms. The summed E-state index contributed by atoms with van der Waals surface area (Å²) >= 11 is 0. The van der Waals surface area contributed by atoms with Crippen molar-refractivity contribution in [2.24, 2.45) is 0 Å². The highest BCUT2D eigenvalue weighted by atomic mass is 19.1. The Bertz CT molecular complexity index is 352. The predicted molar refractivity (Wildman–Crippen MR) is 63.1 cm³/mol. The Morgan fingerprint density at radius 2 is 2.31 bits per heavy atom. The lowest BCUT2D eigenvalue weighted by molar-refractivity contribution is 0.280. The van der Waals surface area contributed by atoms with Crippen LogP contribution in [-0.4, -0.2) is 29.1 Å². The molecule has 0 N–H and O–H groups in total. The van der Waals surface area contributed by atoms with Crippen LogP contribution >= 0.6 is 0 Å². The molecule has 2 heterocycles. The second-order valence-electron chi connectivity index (χ2n) is 4.83. The molecule has 1 saturated heterocycles. The summed E-state index contributed by atoms with van der Waals surface area (Å²) in [5.41, 5.74) is 2.17. The summed E-state index contributed by atoms with van der Waals surface area (Å²) < 4.78 is 13.0. The van der Waals surface area contributed by atoms with Crippen molar-refractivity contribution in [3.8, 4) is 0 Å². The van der Waals surface area contributed by atoms with Crippen LogP contribution in [0.25, 0.3) is 0 Å². The molecule has 0 radical (unpaired) electrons. The second-order valence-corrected chi connectivity index (χ2v) is 4.83. The lowest BCUT2D eigenvalue weighted by Gasteiger charge is -2.15. The molecule has 1 aliphatic heterocycles. The fourth-order valence-electron chi connectivity index (χ4n) is 2.07. The van der Waals surface area contributed by atoms with E-state index >= 15 is 0 Å². The van der Waals surface area contributed by atoms with Gasteiger partial charge in [-0.05, 0) is 24.5 Å². The Morgan fingerprint density at radius 1 is 1.50 bits per heavy atom. The third-order valence-corrected chi connectivity index (χ3v) is 3.02. The molecule has 2 nitrogen and oxygen atoms in total. The molecule has 0 amide bonds. The molecule has 1 aromatic heterocycles. The van der Waals surface area contributed by atoms with Gasteiger partial charge in [-0.3, -0.25) is 9.88 Å². The van der Waals surface area contributed by atoms with Crippen LogP contribution in [0.15, 0.2) is 18.2 Å². The first-order valence-corrected chi connectivity index (χ1v) is 5.97. The molecule has 16 heavy (non-hydrogen) atoms. The lowest BCUT2D eigenvalue weighted by atomic mass is 10.1. The normalized spacial score (nSPS) is 21.9. The van der Waals surface area contributed by atoms with Gasteiger partial charge in [0.15, 0.2) is 0 Å². The van der Waals surface area contributed by atoms with E-state index in [1.807, 2.05) is 12.1 Å². The number of rotatable bonds is 3. The predicted octanol–water partition coefficient (Wildman–Crippen LogP) is 2.75. The van der Waals surface area contributed by atoms with Crippen molar-refractivity contribution in [2.75, 3.05) is 13.1 Å². The minimum Gasteiger partial charge on any atom is -0.295 e. The van der Waals surface area contributed by atoms with Crippen LogP contribution in [0.2, 0.25) is 0 Å². The van der Waals surface area contributed by atoms with Crippen LogP contribution in [0.5, 0.6) is 0 Å². The summed E-state index contributed by atoms with van der Waals surface area (Å²) in [6.45, 7) is 6.47. The molecule has 0 bridgehead atoms. The van der Waals surface area contributed by atoms with Gasteiger partial charge in [-0.25, -0.2) is 4.39 Å². The molecule has 0 saturated carbocycles. The van der Waals surface area contributed by atoms with E-state index in [9.17, 15) is 4.39 Å². The van der Waals surface area contributed by atoms with Crippen molar-refractivity contribution >= 4 is 0 Å². The average molecular weight is 222 g/mol. The summed E-state index contributed by atoms with van der Waals surface area (Å²) in [5, 5.41) is 0. The number of likely N-dealkylation sites (tertiary alicyclic amines) is 1. The third kappa shape index (κ3) is 2.79. The number of halogens is 1. The second kappa shape index (κ2) is 4.91. The van der Waals surface area contributed by atoms with E-state index in [0.717, 1.165) is 24.5 Å². The summed E-state index contributed by atoms with van der Waals surface area (Å²) in [6.07, 6.45) is 0.0254. The number of alkyl halides is 1. The number of nitrogens with zero attached hydrogens (tertiary/aromatic N) is 2. The SMILES string of the molecule is CC(C)c1cccc(CN2CCC(F)C2)n1. The van der Waals surface area contributed by atoms with Gasteiger partial charge >= 0.3 is 0 Å². The van der Waals surface area contributed by atoms with E-state index in [1.165, 1.54) is 0 Å². The van der Waals surface area contributed by atoms with E-state index in [4.69, 9.17) is 0 Å². The summed E-state index contributed by atoms with van der Waals surface area (Å²) in [7, 11) is 0. The molecule has 1 atom stereocenters. The standard InChI is InChI=1S/C13H19FN2/c1-10(2)13-5-3-4-12(15-13)9-16-7-6-11(14)8-16/h3-5,10-11H,6-9H2,1-2H3. The van der Waals surface area contributed by atoms with Crippen molar-refractivity contribution in [1.29, 1.82) is 0 Å². The van der Waals surface area contributed by atoms with Gasteiger partial charge in [0, 0.05) is 25.3 Å². The minimum atomic E-state index is -0.645. The Kier molecular flexibility index (Phi) is 3.54. The molecule has 0 spiro atoms. The quantitative estimate of drug-likeness (QED) is 0.781. The highest BCUT2D eigenvalue weighted by Gasteiger charge is 2.21. The molecule has 0 aromatic carbocycles. The summed E-state index contributed by atoms with van der Waals surface area (Å²) in [6, 6.07) is 6.12. The van der Waals surface area contributed by atoms with Crippen LogP contribution in [-0.2, 0) is 6.54 Å². The molecule has 1 fully saturated rings. The van der Waals surface area contributed by atoms with Crippen LogP contribution in [0.3, 0.4) is 0 Å². The van der Waals surface area contributed by atoms with E-state index in [2.05, 4.69) is 29.8 Å². The van der Waals surface area contributed by atoms with Crippen LogP contribution in [0.4, 0.5) is 4.39 Å². The smallest absolute Gasteiger partial charge is 0.114 e. The van der Waals surface area contributed by atoms with Gasteiger partial charge in [0.25, 0.3) is 0 Å². The maximum atomic E-state index is 13.0. The van der Waals surface area contributed by atoms with Crippen LogP contribution < -0.4 is 0 Å². The van der Waals surface area contributed by atoms with Gasteiger partial charge in [-0.15, -0.1) is 0 Å². The largest absolute Gasteiger partial charge is 0.295 e. The van der Waals surface area contributed by atoms with Gasteiger partial charge in [0.05, 0.1) is 5.69 Å². The third-order valence-electron chi connectivity index (χ3n) is 3.02. The first-order chi connectivity index (χ1) is 7.65. The Morgan fingerprint density at radius 3 is 2.94 bits per heavy atom. The fraction of sp³-hybridized carbons (Fsp3) is 0.615. The van der Waals surface area contributed by atoms with E-state index in [-0.39, 0.29) is 0 Å². The molecule has 88 valence electrons. The highest BCUT2D eigenvalue weighted by Crippen LogP contribution is 2.16. The zero-order chi connectivity index (χ0) is 11.5. The fourth-order valence-corrected chi connectivity index (χ4v) is 2.07. The van der Waals surface area contributed by atoms with Crippen molar-refractivity contribution in [3.05, 3.63) is 29.6 Å². The zero-order valence-corrected chi connectivity index (χ0v) is 9.99. The van der Waals surface area contributed by atoms with Gasteiger partial charge in [-0.1, -0.05) is 19.9 Å². The van der Waals surface area contributed by atoms with Gasteiger partial charge in [0.1, 0.15) is 6.17 Å². The number of pyridine rings is 1. The zero-order valence-electron chi connectivity index (χ0n) is 9.99. The van der Waals surface area contributed by atoms with Crippen molar-refractivity contribution in [3.63, 3.8) is 0 Å². The molecular weight excluding hydrogens is 203 g/mol. The minimum absolute atomic E-state index is 0.451. The molecule has 1 aromatic rings. The Hall–Kier alpha value is -0.960. The van der Waals surface area contributed by atoms with Crippen molar-refractivity contribution in [2.45, 2.75) is 38.9 Å². The van der Waals surface area contributed by atoms with E-state index in [1.54, 1.807) is 0 Å². The highest BCUT2D eigenvalue weighted by molar-refractivity contribution is 5.14. The van der Waals surface area contributed by atoms with Crippen LogP contribution in [0.1, 0.15) is 37.6 Å². The molecule has 0 aliphatic carbocycles. The lowest BCUT2D eigenvalue weighted by Crippen LogP contribution is -2.21. The van der Waals surface area contributed by atoms with Gasteiger partial charge in [0.2, 0.25) is 0 Å². The van der Waals surface area contributed by atoms with Crippen LogP contribution in [0, 0.1) is 0 Å².